The van der Waals surface area contributed by atoms with E-state index in [2.05, 4.69) is 10.3 Å². The molecule has 1 aliphatic heterocycles. The van der Waals surface area contributed by atoms with Crippen LogP contribution < -0.4 is 11.1 Å². The third-order valence-corrected chi connectivity index (χ3v) is 3.37. The first-order valence-electron chi connectivity index (χ1n) is 6.97. The molecule has 1 heterocycles. The van der Waals surface area contributed by atoms with Crippen molar-refractivity contribution in [2.24, 2.45) is 10.7 Å². The van der Waals surface area contributed by atoms with E-state index in [1.54, 1.807) is 0 Å². The highest BCUT2D eigenvalue weighted by atomic mass is 127. The molecule has 0 aromatic heterocycles. The van der Waals surface area contributed by atoms with Crippen LogP contribution in [0.1, 0.15) is 19.3 Å². The maximum atomic E-state index is 13.4. The molecule has 0 atom stereocenters. The third kappa shape index (κ3) is 5.26. The van der Waals surface area contributed by atoms with Gasteiger partial charge in [-0.15, -0.1) is 24.0 Å². The number of rotatable bonds is 3. The third-order valence-electron chi connectivity index (χ3n) is 3.37. The Bertz CT molecular complexity index is 592. The standard InChI is InChI=1S/C14H17F3N4O.HI/c15-9-4-5-10(13(17)12(9)16)20-11(22)8-19-14(18)21-6-2-1-3-7-21;/h4-5H,1-3,6-8H2,(H2,18,19)(H,20,22);1H. The van der Waals surface area contributed by atoms with E-state index in [0.29, 0.717) is 0 Å². The lowest BCUT2D eigenvalue weighted by Crippen LogP contribution is -2.41. The molecule has 1 aliphatic rings. The number of aliphatic imine (C=N–C) groups is 1. The molecular weight excluding hydrogens is 424 g/mol. The molecule has 1 fully saturated rings. The Morgan fingerprint density at radius 3 is 2.48 bits per heavy atom. The van der Waals surface area contributed by atoms with Gasteiger partial charge in [-0.05, 0) is 31.4 Å². The number of guanidine groups is 1. The normalized spacial score (nSPS) is 15.1. The maximum Gasteiger partial charge on any atom is 0.246 e. The summed E-state index contributed by atoms with van der Waals surface area (Å²) in [5, 5.41) is 2.13. The Balaban J connectivity index is 0.00000264. The Hall–Kier alpha value is -1.52. The zero-order chi connectivity index (χ0) is 16.1. The van der Waals surface area contributed by atoms with Crippen LogP contribution in [-0.2, 0) is 4.79 Å². The van der Waals surface area contributed by atoms with Gasteiger partial charge in [0.1, 0.15) is 6.54 Å². The molecule has 0 unspecified atom stereocenters. The van der Waals surface area contributed by atoms with Gasteiger partial charge in [0.2, 0.25) is 5.91 Å². The number of piperidine rings is 1. The monoisotopic (exact) mass is 442 g/mol. The van der Waals surface area contributed by atoms with E-state index in [0.717, 1.165) is 44.5 Å². The van der Waals surface area contributed by atoms with E-state index in [9.17, 15) is 18.0 Å². The molecule has 1 saturated heterocycles. The van der Waals surface area contributed by atoms with E-state index >= 15 is 0 Å². The Kier molecular flexibility index (Phi) is 7.59. The molecule has 0 radical (unpaired) electrons. The number of nitrogens with one attached hydrogen (secondary N) is 1. The Morgan fingerprint density at radius 2 is 1.83 bits per heavy atom. The minimum absolute atomic E-state index is 0. The first-order valence-corrected chi connectivity index (χ1v) is 6.97. The lowest BCUT2D eigenvalue weighted by Gasteiger charge is -2.27. The summed E-state index contributed by atoms with van der Waals surface area (Å²) in [7, 11) is 0. The predicted octanol–water partition coefficient (Wildman–Crippen LogP) is 2.46. The van der Waals surface area contributed by atoms with Gasteiger partial charge in [0, 0.05) is 13.1 Å². The quantitative estimate of drug-likeness (QED) is 0.327. The molecule has 9 heteroatoms. The fourth-order valence-electron chi connectivity index (χ4n) is 2.19. The number of carbonyl (C=O) groups is 1. The summed E-state index contributed by atoms with van der Waals surface area (Å²) in [6.45, 7) is 1.25. The van der Waals surface area contributed by atoms with Crippen LogP contribution in [-0.4, -0.2) is 36.4 Å². The molecule has 1 amide bonds. The second-order valence-corrected chi connectivity index (χ2v) is 4.99. The summed E-state index contributed by atoms with van der Waals surface area (Å²) < 4.78 is 39.2. The molecule has 0 spiro atoms. The van der Waals surface area contributed by atoms with Gasteiger partial charge in [-0.3, -0.25) is 4.79 Å². The molecule has 128 valence electrons. The summed E-state index contributed by atoms with van der Waals surface area (Å²) in [5.41, 5.74) is 5.34. The molecule has 2 rings (SSSR count). The summed E-state index contributed by atoms with van der Waals surface area (Å²) in [6, 6.07) is 1.68. The van der Waals surface area contributed by atoms with Crippen molar-refractivity contribution >= 4 is 41.5 Å². The largest absolute Gasteiger partial charge is 0.370 e. The molecular formula is C14H18F3IN4O. The summed E-state index contributed by atoms with van der Waals surface area (Å²) >= 11 is 0. The number of nitrogens with zero attached hydrogens (tertiary/aromatic N) is 2. The number of likely N-dealkylation sites (tertiary alicyclic amines) is 1. The zero-order valence-corrected chi connectivity index (χ0v) is 14.6. The zero-order valence-electron chi connectivity index (χ0n) is 12.3. The second-order valence-electron chi connectivity index (χ2n) is 4.99. The number of amides is 1. The predicted molar refractivity (Wildman–Crippen MR) is 92.3 cm³/mol. The van der Waals surface area contributed by atoms with Crippen molar-refractivity contribution in [1.82, 2.24) is 4.90 Å². The van der Waals surface area contributed by atoms with Gasteiger partial charge >= 0.3 is 0 Å². The van der Waals surface area contributed by atoms with Crippen LogP contribution in [0.2, 0.25) is 0 Å². The fraction of sp³-hybridized carbons (Fsp3) is 0.429. The maximum absolute atomic E-state index is 13.4. The first-order chi connectivity index (χ1) is 10.5. The summed E-state index contributed by atoms with van der Waals surface area (Å²) in [6.07, 6.45) is 3.17. The van der Waals surface area contributed by atoms with Crippen LogP contribution in [0.5, 0.6) is 0 Å². The van der Waals surface area contributed by atoms with Gasteiger partial charge in [-0.2, -0.15) is 0 Å². The van der Waals surface area contributed by atoms with Gasteiger partial charge in [0.15, 0.2) is 23.4 Å². The lowest BCUT2D eigenvalue weighted by atomic mass is 10.1. The van der Waals surface area contributed by atoms with E-state index in [1.165, 1.54) is 0 Å². The topological polar surface area (TPSA) is 70.7 Å². The van der Waals surface area contributed by atoms with Gasteiger partial charge in [0.25, 0.3) is 0 Å². The Morgan fingerprint density at radius 1 is 1.17 bits per heavy atom. The van der Waals surface area contributed by atoms with Crippen molar-refractivity contribution in [1.29, 1.82) is 0 Å². The molecule has 0 aliphatic carbocycles. The molecule has 3 N–H and O–H groups in total. The van der Waals surface area contributed by atoms with Crippen LogP contribution in [0.4, 0.5) is 18.9 Å². The number of carbonyl (C=O) groups excluding carboxylic acids is 1. The van der Waals surface area contributed by atoms with Crippen LogP contribution >= 0.6 is 24.0 Å². The smallest absolute Gasteiger partial charge is 0.246 e. The Labute approximate surface area is 149 Å². The average Bonchev–Trinajstić information content (AvgIpc) is 2.54. The number of nitrogens with two attached hydrogens (primary N) is 1. The molecule has 0 saturated carbocycles. The van der Waals surface area contributed by atoms with E-state index < -0.39 is 29.0 Å². The van der Waals surface area contributed by atoms with Gasteiger partial charge in [-0.25, -0.2) is 18.2 Å². The molecule has 0 bridgehead atoms. The molecule has 1 aromatic rings. The highest BCUT2D eigenvalue weighted by Gasteiger charge is 2.16. The van der Waals surface area contributed by atoms with Crippen molar-refractivity contribution in [3.8, 4) is 0 Å². The van der Waals surface area contributed by atoms with E-state index in [-0.39, 0.29) is 36.5 Å². The highest BCUT2D eigenvalue weighted by Crippen LogP contribution is 2.19. The van der Waals surface area contributed by atoms with Crippen molar-refractivity contribution in [3.63, 3.8) is 0 Å². The van der Waals surface area contributed by atoms with E-state index in [1.807, 2.05) is 4.90 Å². The van der Waals surface area contributed by atoms with E-state index in [4.69, 9.17) is 5.73 Å². The summed E-state index contributed by atoms with van der Waals surface area (Å²) in [5.74, 6) is -4.80. The van der Waals surface area contributed by atoms with Gasteiger partial charge in [0.05, 0.1) is 5.69 Å². The van der Waals surface area contributed by atoms with Crippen molar-refractivity contribution in [2.75, 3.05) is 25.0 Å². The highest BCUT2D eigenvalue weighted by molar-refractivity contribution is 14.0. The van der Waals surface area contributed by atoms with Crippen LogP contribution in [0.25, 0.3) is 0 Å². The number of hydrogen-bond donors (Lipinski definition) is 2. The fourth-order valence-corrected chi connectivity index (χ4v) is 2.19. The minimum atomic E-state index is -1.63. The average molecular weight is 442 g/mol. The number of halogens is 4. The first kappa shape index (κ1) is 19.5. The SMILES string of the molecule is I.NC(=NCC(=O)Nc1ccc(F)c(F)c1F)N1CCCCC1. The van der Waals surface area contributed by atoms with Crippen LogP contribution in [0, 0.1) is 17.5 Å². The number of benzene rings is 1. The van der Waals surface area contributed by atoms with Crippen molar-refractivity contribution < 1.29 is 18.0 Å². The van der Waals surface area contributed by atoms with Crippen LogP contribution in [0.15, 0.2) is 17.1 Å². The summed E-state index contributed by atoms with van der Waals surface area (Å²) in [4.78, 5) is 17.5. The lowest BCUT2D eigenvalue weighted by molar-refractivity contribution is -0.114. The number of anilines is 1. The van der Waals surface area contributed by atoms with Crippen LogP contribution in [0.3, 0.4) is 0 Å². The van der Waals surface area contributed by atoms with Crippen molar-refractivity contribution in [3.05, 3.63) is 29.6 Å². The molecule has 23 heavy (non-hydrogen) atoms. The van der Waals surface area contributed by atoms with Gasteiger partial charge in [-0.1, -0.05) is 0 Å². The minimum Gasteiger partial charge on any atom is -0.370 e. The molecule has 5 nitrogen and oxygen atoms in total. The van der Waals surface area contributed by atoms with Crippen molar-refractivity contribution in [2.45, 2.75) is 19.3 Å². The molecule has 1 aromatic carbocycles. The number of hydrogen-bond acceptors (Lipinski definition) is 2. The second kappa shape index (κ2) is 8.94. The van der Waals surface area contributed by atoms with Gasteiger partial charge < -0.3 is 16.0 Å².